The van der Waals surface area contributed by atoms with E-state index in [1.165, 1.54) is 15.6 Å². The van der Waals surface area contributed by atoms with Gasteiger partial charge in [-0.15, -0.1) is 11.3 Å². The maximum Gasteiger partial charge on any atom is 0.251 e. The molecule has 0 aliphatic rings. The third-order valence-corrected chi connectivity index (χ3v) is 5.18. The van der Waals surface area contributed by atoms with Gasteiger partial charge in [0.15, 0.2) is 0 Å². The van der Waals surface area contributed by atoms with Gasteiger partial charge in [0, 0.05) is 16.8 Å². The molecule has 25 heavy (non-hydrogen) atoms. The fourth-order valence-corrected chi connectivity index (χ4v) is 3.86. The number of likely N-dealkylation sites (N-methyl/N-ethyl adjacent to an activating group) is 1. The van der Waals surface area contributed by atoms with Crippen LogP contribution in [0.25, 0.3) is 10.1 Å². The molecule has 0 aliphatic heterocycles. The summed E-state index contributed by atoms with van der Waals surface area (Å²) in [5, 5.41) is 15.4. The fraction of sp³-hybridized carbons (Fsp3) is 0.200. The number of benzene rings is 2. The van der Waals surface area contributed by atoms with E-state index >= 15 is 0 Å². The molecule has 1 amide bonds. The molecule has 1 atom stereocenters. The van der Waals surface area contributed by atoms with Gasteiger partial charge in [-0.3, -0.25) is 4.79 Å². The number of rotatable bonds is 5. The lowest BCUT2D eigenvalue weighted by Crippen LogP contribution is -2.34. The fourth-order valence-electron chi connectivity index (χ4n) is 2.85. The van der Waals surface area contributed by atoms with Gasteiger partial charge in [0.25, 0.3) is 5.91 Å². The first-order chi connectivity index (χ1) is 12.1. The molecule has 1 heterocycles. The Labute approximate surface area is 151 Å². The van der Waals surface area contributed by atoms with Crippen molar-refractivity contribution >= 4 is 27.3 Å². The standard InChI is InChI=1S/C20H19N3OS/c1-23(2)18(17-13-25-19-9-4-3-8-16(17)19)12-22-20(24)15-7-5-6-14(10-15)11-21/h3-10,13,18H,12H2,1-2H3,(H,22,24). The smallest absolute Gasteiger partial charge is 0.251 e. The van der Waals surface area contributed by atoms with Gasteiger partial charge in [0.1, 0.15) is 0 Å². The SMILES string of the molecule is CN(C)C(CNC(=O)c1cccc(C#N)c1)c1csc2ccccc12. The van der Waals surface area contributed by atoms with Gasteiger partial charge in [0.2, 0.25) is 0 Å². The van der Waals surface area contributed by atoms with Gasteiger partial charge < -0.3 is 10.2 Å². The zero-order chi connectivity index (χ0) is 17.8. The first-order valence-corrected chi connectivity index (χ1v) is 8.89. The number of nitriles is 1. The molecular formula is C20H19N3OS. The Balaban J connectivity index is 1.79. The largest absolute Gasteiger partial charge is 0.350 e. The van der Waals surface area contributed by atoms with Gasteiger partial charge in [-0.25, -0.2) is 0 Å². The topological polar surface area (TPSA) is 56.1 Å². The van der Waals surface area contributed by atoms with Crippen molar-refractivity contribution in [2.75, 3.05) is 20.6 Å². The highest BCUT2D eigenvalue weighted by atomic mass is 32.1. The van der Waals surface area contributed by atoms with Crippen LogP contribution in [0.15, 0.2) is 53.9 Å². The molecule has 2 aromatic carbocycles. The van der Waals surface area contributed by atoms with E-state index in [4.69, 9.17) is 5.26 Å². The average Bonchev–Trinajstić information content (AvgIpc) is 3.05. The normalized spacial score (nSPS) is 12.1. The van der Waals surface area contributed by atoms with Crippen molar-refractivity contribution in [1.29, 1.82) is 5.26 Å². The predicted octanol–water partition coefficient (Wildman–Crippen LogP) is 3.81. The predicted molar refractivity (Wildman–Crippen MR) is 102 cm³/mol. The minimum Gasteiger partial charge on any atom is -0.350 e. The summed E-state index contributed by atoms with van der Waals surface area (Å²) in [6.07, 6.45) is 0. The van der Waals surface area contributed by atoms with Crippen LogP contribution in [-0.2, 0) is 0 Å². The van der Waals surface area contributed by atoms with Crippen LogP contribution >= 0.6 is 11.3 Å². The molecule has 1 unspecified atom stereocenters. The molecule has 0 aliphatic carbocycles. The van der Waals surface area contributed by atoms with Gasteiger partial charge in [-0.1, -0.05) is 24.3 Å². The number of hydrogen-bond donors (Lipinski definition) is 1. The lowest BCUT2D eigenvalue weighted by molar-refractivity contribution is 0.0942. The Kier molecular flexibility index (Phi) is 5.13. The molecule has 0 fully saturated rings. The monoisotopic (exact) mass is 349 g/mol. The van der Waals surface area contributed by atoms with Crippen molar-refractivity contribution in [1.82, 2.24) is 10.2 Å². The molecule has 0 saturated heterocycles. The summed E-state index contributed by atoms with van der Waals surface area (Å²) in [5.74, 6) is -0.163. The molecule has 0 radical (unpaired) electrons. The molecule has 0 saturated carbocycles. The molecule has 4 nitrogen and oxygen atoms in total. The minimum atomic E-state index is -0.163. The highest BCUT2D eigenvalue weighted by Crippen LogP contribution is 2.32. The summed E-state index contributed by atoms with van der Waals surface area (Å²) in [4.78, 5) is 14.5. The van der Waals surface area contributed by atoms with Crippen molar-refractivity contribution in [3.63, 3.8) is 0 Å². The zero-order valence-electron chi connectivity index (χ0n) is 14.2. The van der Waals surface area contributed by atoms with Crippen LogP contribution in [0.3, 0.4) is 0 Å². The summed E-state index contributed by atoms with van der Waals surface area (Å²) in [6.45, 7) is 0.503. The Morgan fingerprint density at radius 3 is 2.80 bits per heavy atom. The molecule has 0 bridgehead atoms. The van der Waals surface area contributed by atoms with Crippen LogP contribution in [-0.4, -0.2) is 31.4 Å². The van der Waals surface area contributed by atoms with E-state index in [1.807, 2.05) is 26.2 Å². The van der Waals surface area contributed by atoms with Crippen LogP contribution < -0.4 is 5.32 Å². The first-order valence-electron chi connectivity index (χ1n) is 8.01. The third kappa shape index (κ3) is 3.71. The van der Waals surface area contributed by atoms with Gasteiger partial charge in [0.05, 0.1) is 17.7 Å². The number of nitrogens with one attached hydrogen (secondary N) is 1. The van der Waals surface area contributed by atoms with Crippen LogP contribution in [0.5, 0.6) is 0 Å². The van der Waals surface area contributed by atoms with Gasteiger partial charge >= 0.3 is 0 Å². The summed E-state index contributed by atoms with van der Waals surface area (Å²) in [5.41, 5.74) is 2.21. The van der Waals surface area contributed by atoms with Crippen molar-refractivity contribution in [2.45, 2.75) is 6.04 Å². The Morgan fingerprint density at radius 1 is 1.24 bits per heavy atom. The third-order valence-electron chi connectivity index (χ3n) is 4.20. The highest BCUT2D eigenvalue weighted by Gasteiger charge is 2.19. The number of carbonyl (C=O) groups is 1. The molecule has 5 heteroatoms. The van der Waals surface area contributed by atoms with Crippen molar-refractivity contribution in [2.24, 2.45) is 0 Å². The lowest BCUT2D eigenvalue weighted by Gasteiger charge is -2.24. The second-order valence-corrected chi connectivity index (χ2v) is 6.98. The number of fused-ring (bicyclic) bond motifs is 1. The molecule has 1 N–H and O–H groups in total. The van der Waals surface area contributed by atoms with E-state index in [1.54, 1.807) is 35.6 Å². The van der Waals surface area contributed by atoms with Crippen LogP contribution in [0.4, 0.5) is 0 Å². The maximum atomic E-state index is 12.4. The minimum absolute atomic E-state index is 0.0826. The quantitative estimate of drug-likeness (QED) is 0.762. The molecule has 3 aromatic rings. The van der Waals surface area contributed by atoms with Crippen LogP contribution in [0.2, 0.25) is 0 Å². The molecular weight excluding hydrogens is 330 g/mol. The second-order valence-electron chi connectivity index (χ2n) is 6.07. The molecule has 3 rings (SSSR count). The zero-order valence-corrected chi connectivity index (χ0v) is 15.0. The summed E-state index contributed by atoms with van der Waals surface area (Å²) in [6, 6.07) is 17.2. The van der Waals surface area contributed by atoms with E-state index in [0.717, 1.165) is 0 Å². The van der Waals surface area contributed by atoms with E-state index < -0.39 is 0 Å². The van der Waals surface area contributed by atoms with Crippen molar-refractivity contribution in [3.8, 4) is 6.07 Å². The van der Waals surface area contributed by atoms with Crippen LogP contribution in [0, 0.1) is 11.3 Å². The average molecular weight is 349 g/mol. The van der Waals surface area contributed by atoms with E-state index in [9.17, 15) is 4.79 Å². The highest BCUT2D eigenvalue weighted by molar-refractivity contribution is 7.17. The summed E-state index contributed by atoms with van der Waals surface area (Å²) in [7, 11) is 4.03. The number of carbonyl (C=O) groups excluding carboxylic acids is 1. The Hall–Kier alpha value is -2.68. The van der Waals surface area contributed by atoms with Gasteiger partial charge in [-0.05, 0) is 54.7 Å². The maximum absolute atomic E-state index is 12.4. The number of thiophene rings is 1. The number of hydrogen-bond acceptors (Lipinski definition) is 4. The number of nitrogens with zero attached hydrogens (tertiary/aromatic N) is 2. The van der Waals surface area contributed by atoms with Crippen LogP contribution in [0.1, 0.15) is 27.5 Å². The Bertz CT molecular complexity index is 939. The first kappa shape index (κ1) is 17.2. The van der Waals surface area contributed by atoms with E-state index in [0.29, 0.717) is 17.7 Å². The van der Waals surface area contributed by atoms with Crippen molar-refractivity contribution in [3.05, 3.63) is 70.6 Å². The number of amides is 1. The molecule has 1 aromatic heterocycles. The summed E-state index contributed by atoms with van der Waals surface area (Å²) < 4.78 is 1.25. The van der Waals surface area contributed by atoms with Gasteiger partial charge in [-0.2, -0.15) is 5.26 Å². The van der Waals surface area contributed by atoms with E-state index in [2.05, 4.69) is 33.8 Å². The second kappa shape index (κ2) is 7.47. The van der Waals surface area contributed by atoms with Crippen molar-refractivity contribution < 1.29 is 4.79 Å². The molecule has 0 spiro atoms. The molecule has 126 valence electrons. The lowest BCUT2D eigenvalue weighted by atomic mass is 10.0. The Morgan fingerprint density at radius 2 is 2.04 bits per heavy atom. The van der Waals surface area contributed by atoms with E-state index in [-0.39, 0.29) is 11.9 Å². The summed E-state index contributed by atoms with van der Waals surface area (Å²) >= 11 is 1.72.